The second-order valence-corrected chi connectivity index (χ2v) is 5.69. The minimum absolute atomic E-state index is 0.301. The van der Waals surface area contributed by atoms with Gasteiger partial charge in [-0.3, -0.25) is 4.99 Å². The summed E-state index contributed by atoms with van der Waals surface area (Å²) in [5, 5.41) is 11.4. The second kappa shape index (κ2) is 6.72. The summed E-state index contributed by atoms with van der Waals surface area (Å²) < 4.78 is 1.18. The van der Waals surface area contributed by atoms with Gasteiger partial charge in [0.05, 0.1) is 6.54 Å². The molecule has 0 fully saturated rings. The molecule has 20 heavy (non-hydrogen) atoms. The van der Waals surface area contributed by atoms with Gasteiger partial charge in [-0.25, -0.2) is 0 Å². The summed E-state index contributed by atoms with van der Waals surface area (Å²) in [5.74, 6) is 0.496. The molecule has 2 aromatic rings. The molecule has 1 atom stereocenters. The lowest BCUT2D eigenvalue weighted by Gasteiger charge is -2.19. The van der Waals surface area contributed by atoms with Crippen molar-refractivity contribution in [3.63, 3.8) is 0 Å². The van der Waals surface area contributed by atoms with Crippen molar-refractivity contribution in [3.8, 4) is 0 Å². The van der Waals surface area contributed by atoms with Crippen LogP contribution in [0, 0.1) is 0 Å². The van der Waals surface area contributed by atoms with Crippen LogP contribution in [0.3, 0.4) is 0 Å². The zero-order chi connectivity index (χ0) is 14.5. The molecule has 5 heteroatoms. The first-order chi connectivity index (χ1) is 9.65. The third-order valence-electron chi connectivity index (χ3n) is 3.29. The van der Waals surface area contributed by atoms with Crippen molar-refractivity contribution in [1.29, 1.82) is 0 Å². The number of guanidine groups is 1. The smallest absolute Gasteiger partial charge is 0.191 e. The standard InChI is InChI=1S/C15H21N3OS/c1-3-18(4-2)15(16)17-10-12(19)14-9-11-7-5-6-8-13(11)20-14/h5-9,12,19H,3-4,10H2,1-2H3,(H2,16,17). The first kappa shape index (κ1) is 14.8. The molecule has 0 spiro atoms. The Bertz CT molecular complexity index is 557. The predicted octanol–water partition coefficient (Wildman–Crippen LogP) is 2.59. The van der Waals surface area contributed by atoms with Crippen LogP contribution >= 0.6 is 11.3 Å². The Hall–Kier alpha value is -1.59. The second-order valence-electron chi connectivity index (χ2n) is 4.57. The van der Waals surface area contributed by atoms with E-state index in [1.165, 1.54) is 4.70 Å². The highest BCUT2D eigenvalue weighted by Gasteiger charge is 2.11. The van der Waals surface area contributed by atoms with Crippen molar-refractivity contribution in [3.05, 3.63) is 35.2 Å². The maximum atomic E-state index is 10.2. The lowest BCUT2D eigenvalue weighted by molar-refractivity contribution is 0.190. The Labute approximate surface area is 123 Å². The molecule has 1 aromatic heterocycles. The van der Waals surface area contributed by atoms with Gasteiger partial charge in [0, 0.05) is 22.7 Å². The van der Waals surface area contributed by atoms with Crippen LogP contribution in [-0.2, 0) is 0 Å². The largest absolute Gasteiger partial charge is 0.386 e. The number of aliphatic hydroxyl groups is 1. The lowest BCUT2D eigenvalue weighted by atomic mass is 10.2. The number of aliphatic imine (C=N–C) groups is 1. The fourth-order valence-corrected chi connectivity index (χ4v) is 3.13. The van der Waals surface area contributed by atoms with E-state index in [9.17, 15) is 5.11 Å². The van der Waals surface area contributed by atoms with Gasteiger partial charge in [-0.1, -0.05) is 18.2 Å². The summed E-state index contributed by atoms with van der Waals surface area (Å²) in [6.07, 6.45) is -0.596. The van der Waals surface area contributed by atoms with Crippen molar-refractivity contribution in [2.45, 2.75) is 20.0 Å². The van der Waals surface area contributed by atoms with E-state index in [0.29, 0.717) is 12.5 Å². The van der Waals surface area contributed by atoms with E-state index >= 15 is 0 Å². The molecule has 4 nitrogen and oxygen atoms in total. The molecule has 0 bridgehead atoms. The molecule has 0 amide bonds. The third-order valence-corrected chi connectivity index (χ3v) is 4.50. The van der Waals surface area contributed by atoms with Crippen molar-refractivity contribution in [2.75, 3.05) is 19.6 Å². The number of benzene rings is 1. The summed E-state index contributed by atoms with van der Waals surface area (Å²) in [7, 11) is 0. The molecular weight excluding hydrogens is 270 g/mol. The maximum absolute atomic E-state index is 10.2. The normalized spacial score (nSPS) is 13.7. The quantitative estimate of drug-likeness (QED) is 0.657. The Morgan fingerprint density at radius 2 is 2.05 bits per heavy atom. The van der Waals surface area contributed by atoms with E-state index in [1.54, 1.807) is 11.3 Å². The van der Waals surface area contributed by atoms with Gasteiger partial charge in [0.25, 0.3) is 0 Å². The fourth-order valence-electron chi connectivity index (χ4n) is 2.08. The molecule has 1 aromatic carbocycles. The molecule has 108 valence electrons. The zero-order valence-corrected chi connectivity index (χ0v) is 12.7. The highest BCUT2D eigenvalue weighted by atomic mass is 32.1. The molecule has 1 heterocycles. The molecule has 0 saturated carbocycles. The van der Waals surface area contributed by atoms with Crippen molar-refractivity contribution >= 4 is 27.4 Å². The van der Waals surface area contributed by atoms with E-state index in [4.69, 9.17) is 5.73 Å². The molecule has 0 aliphatic rings. The minimum Gasteiger partial charge on any atom is -0.386 e. The zero-order valence-electron chi connectivity index (χ0n) is 11.9. The van der Waals surface area contributed by atoms with Crippen molar-refractivity contribution in [2.24, 2.45) is 10.7 Å². The molecule has 1 unspecified atom stereocenters. The van der Waals surface area contributed by atoms with Crippen LogP contribution < -0.4 is 5.73 Å². The van der Waals surface area contributed by atoms with Crippen LogP contribution in [0.2, 0.25) is 0 Å². The van der Waals surface area contributed by atoms with Gasteiger partial charge in [-0.2, -0.15) is 0 Å². The van der Waals surface area contributed by atoms with Gasteiger partial charge >= 0.3 is 0 Å². The highest BCUT2D eigenvalue weighted by molar-refractivity contribution is 7.19. The molecule has 0 aliphatic carbocycles. The molecule has 0 radical (unpaired) electrons. The number of nitrogens with zero attached hydrogens (tertiary/aromatic N) is 2. The Morgan fingerprint density at radius 3 is 2.70 bits per heavy atom. The lowest BCUT2D eigenvalue weighted by Crippen LogP contribution is -2.37. The molecule has 3 N–H and O–H groups in total. The average molecular weight is 291 g/mol. The van der Waals surface area contributed by atoms with Gasteiger partial charge in [0.1, 0.15) is 6.10 Å². The highest BCUT2D eigenvalue weighted by Crippen LogP contribution is 2.29. The number of hydrogen-bond acceptors (Lipinski definition) is 3. The van der Waals surface area contributed by atoms with Gasteiger partial charge in [0.2, 0.25) is 0 Å². The van der Waals surface area contributed by atoms with Crippen LogP contribution in [-0.4, -0.2) is 35.6 Å². The maximum Gasteiger partial charge on any atom is 0.191 e. The summed E-state index contributed by atoms with van der Waals surface area (Å²) >= 11 is 1.60. The molecule has 0 aliphatic heterocycles. The van der Waals surface area contributed by atoms with Gasteiger partial charge in [-0.05, 0) is 31.4 Å². The molecular formula is C15H21N3OS. The number of rotatable bonds is 5. The number of aliphatic hydroxyl groups excluding tert-OH is 1. The Morgan fingerprint density at radius 1 is 1.35 bits per heavy atom. The number of hydrogen-bond donors (Lipinski definition) is 2. The average Bonchev–Trinajstić information content (AvgIpc) is 2.90. The van der Waals surface area contributed by atoms with E-state index in [2.05, 4.69) is 17.1 Å². The number of nitrogens with two attached hydrogens (primary N) is 1. The Kier molecular flexibility index (Phi) is 4.98. The predicted molar refractivity (Wildman–Crippen MR) is 86.2 cm³/mol. The van der Waals surface area contributed by atoms with Crippen molar-refractivity contribution in [1.82, 2.24) is 4.90 Å². The SMILES string of the molecule is CCN(CC)C(N)=NCC(O)c1cc2ccccc2s1. The van der Waals surface area contributed by atoms with Gasteiger partial charge < -0.3 is 15.7 Å². The Balaban J connectivity index is 2.08. The first-order valence-electron chi connectivity index (χ1n) is 6.87. The first-order valence-corrected chi connectivity index (χ1v) is 7.68. The third kappa shape index (κ3) is 3.29. The topological polar surface area (TPSA) is 61.8 Å². The number of thiophene rings is 1. The summed E-state index contributed by atoms with van der Waals surface area (Å²) in [4.78, 5) is 7.19. The van der Waals surface area contributed by atoms with Crippen LogP contribution in [0.25, 0.3) is 10.1 Å². The van der Waals surface area contributed by atoms with E-state index in [0.717, 1.165) is 23.4 Å². The van der Waals surface area contributed by atoms with Gasteiger partial charge in [-0.15, -0.1) is 11.3 Å². The van der Waals surface area contributed by atoms with Gasteiger partial charge in [0.15, 0.2) is 5.96 Å². The van der Waals surface area contributed by atoms with Crippen LogP contribution in [0.5, 0.6) is 0 Å². The van der Waals surface area contributed by atoms with Crippen LogP contribution in [0.1, 0.15) is 24.8 Å². The summed E-state index contributed by atoms with van der Waals surface area (Å²) in [6.45, 7) is 6.02. The summed E-state index contributed by atoms with van der Waals surface area (Å²) in [6, 6.07) is 10.1. The van der Waals surface area contributed by atoms with E-state index in [1.807, 2.05) is 36.9 Å². The van der Waals surface area contributed by atoms with Crippen molar-refractivity contribution < 1.29 is 5.11 Å². The van der Waals surface area contributed by atoms with E-state index < -0.39 is 6.10 Å². The fraction of sp³-hybridized carbons (Fsp3) is 0.400. The van der Waals surface area contributed by atoms with E-state index in [-0.39, 0.29) is 0 Å². The molecule has 2 rings (SSSR count). The van der Waals surface area contributed by atoms with Crippen LogP contribution in [0.15, 0.2) is 35.3 Å². The van der Waals surface area contributed by atoms with Crippen LogP contribution in [0.4, 0.5) is 0 Å². The number of fused-ring (bicyclic) bond motifs is 1. The summed E-state index contributed by atoms with van der Waals surface area (Å²) in [5.41, 5.74) is 5.91. The molecule has 0 saturated heterocycles. The monoisotopic (exact) mass is 291 g/mol. The minimum atomic E-state index is -0.596.